The van der Waals surface area contributed by atoms with Crippen molar-refractivity contribution in [2.45, 2.75) is 0 Å². The molecule has 0 N–H and O–H groups in total. The van der Waals surface area contributed by atoms with Crippen molar-refractivity contribution in [2.24, 2.45) is 0 Å². The van der Waals surface area contributed by atoms with Crippen LogP contribution in [0.1, 0.15) is 0 Å². The third kappa shape index (κ3) is 10.9. The number of para-hydroxylation sites is 3. The van der Waals surface area contributed by atoms with Gasteiger partial charge in [0.15, 0.2) is 0 Å². The highest BCUT2D eigenvalue weighted by atomic mass is 15.1. The van der Waals surface area contributed by atoms with Gasteiger partial charge in [-0.05, 0) is 164 Å². The zero-order valence-corrected chi connectivity index (χ0v) is 58.6. The van der Waals surface area contributed by atoms with Crippen LogP contribution >= 0.6 is 0 Å². The van der Waals surface area contributed by atoms with Crippen LogP contribution < -0.4 is 14.7 Å². The number of nitrogens with zero attached hydrogens (tertiary/aromatic N) is 6. The fourth-order valence-electron chi connectivity index (χ4n) is 16.2. The lowest BCUT2D eigenvalue weighted by molar-refractivity contribution is 1.18. The summed E-state index contributed by atoms with van der Waals surface area (Å²) in [6, 6.07) is 138. The van der Waals surface area contributed by atoms with E-state index in [9.17, 15) is 0 Å². The van der Waals surface area contributed by atoms with Crippen molar-refractivity contribution >= 4 is 164 Å². The van der Waals surface area contributed by atoms with Gasteiger partial charge in [0.25, 0.3) is 0 Å². The van der Waals surface area contributed by atoms with E-state index in [4.69, 9.17) is 0 Å². The first-order valence-electron chi connectivity index (χ1n) is 36.1. The largest absolute Gasteiger partial charge is 0.345 e. The summed E-state index contributed by atoms with van der Waals surface area (Å²) in [5, 5.41) is 22.7. The van der Waals surface area contributed by atoms with E-state index in [-0.39, 0.29) is 0 Å². The molecule has 3 heterocycles. The molecule has 6 nitrogen and oxygen atoms in total. The zero-order chi connectivity index (χ0) is 70.1. The molecule has 0 bridgehead atoms. The van der Waals surface area contributed by atoms with Crippen LogP contribution in [0.4, 0.5) is 34.1 Å². The molecule has 0 aliphatic rings. The fraction of sp³-hybridized carbons (Fsp3) is 0.0303. The normalized spacial score (nSPS) is 11.6. The first-order valence-corrected chi connectivity index (χ1v) is 36.1. The van der Waals surface area contributed by atoms with E-state index in [1.165, 1.54) is 181 Å². The molecule has 0 fully saturated rings. The fourth-order valence-corrected chi connectivity index (χ4v) is 16.2. The summed E-state index contributed by atoms with van der Waals surface area (Å²) in [4.78, 5) is 6.87. The molecule has 0 amide bonds. The molecule has 0 atom stereocenters. The first kappa shape index (κ1) is 62.3. The Morgan fingerprint density at radius 1 is 0.171 bits per heavy atom. The number of rotatable bonds is 9. The zero-order valence-electron chi connectivity index (χ0n) is 58.6. The SMILES string of the molecule is CN(c1ccc2c(c1)c1ccccc1n2-c1ccc2ccccc2c1)c1cccc2ccccc12.CN(c1ccc2c(c1)c1ccccc1n2-c1cccc2ccccc12)c1cccc2ccccc12.CN(c1ccc2ccccc2c1)c1ccc2c(c1)c1ccccc1n2-c1cccc2ccccc12. The lowest BCUT2D eigenvalue weighted by Crippen LogP contribution is -2.09. The van der Waals surface area contributed by atoms with Crippen LogP contribution in [0.15, 0.2) is 382 Å². The van der Waals surface area contributed by atoms with Gasteiger partial charge < -0.3 is 28.4 Å². The number of hydrogen-bond acceptors (Lipinski definition) is 3. The Bertz CT molecular complexity index is 6920. The summed E-state index contributed by atoms with van der Waals surface area (Å²) in [5.41, 5.74) is 18.1. The Hall–Kier alpha value is -13.7. The van der Waals surface area contributed by atoms with Crippen molar-refractivity contribution in [1.82, 2.24) is 13.7 Å². The van der Waals surface area contributed by atoms with Crippen LogP contribution in [0.25, 0.3) is 147 Å². The summed E-state index contributed by atoms with van der Waals surface area (Å²) in [6.45, 7) is 0. The monoisotopic (exact) mass is 1340 g/mol. The topological polar surface area (TPSA) is 24.5 Å². The summed E-state index contributed by atoms with van der Waals surface area (Å²) in [5.74, 6) is 0. The molecule has 21 aromatic rings. The number of benzene rings is 18. The van der Waals surface area contributed by atoms with Crippen LogP contribution in [0.2, 0.25) is 0 Å². The van der Waals surface area contributed by atoms with Gasteiger partial charge in [0, 0.05) is 115 Å². The van der Waals surface area contributed by atoms with Crippen LogP contribution in [-0.4, -0.2) is 34.8 Å². The van der Waals surface area contributed by atoms with Gasteiger partial charge in [-0.3, -0.25) is 0 Å². The molecule has 0 aliphatic carbocycles. The molecule has 105 heavy (non-hydrogen) atoms. The summed E-state index contributed by atoms with van der Waals surface area (Å²) < 4.78 is 7.21. The predicted molar refractivity (Wildman–Crippen MR) is 451 cm³/mol. The van der Waals surface area contributed by atoms with Crippen LogP contribution in [-0.2, 0) is 0 Å². The first-order chi connectivity index (χ1) is 51.8. The highest BCUT2D eigenvalue weighted by Gasteiger charge is 2.21. The van der Waals surface area contributed by atoms with Crippen molar-refractivity contribution in [3.63, 3.8) is 0 Å². The van der Waals surface area contributed by atoms with Gasteiger partial charge >= 0.3 is 0 Å². The summed E-state index contributed by atoms with van der Waals surface area (Å²) in [7, 11) is 6.47. The van der Waals surface area contributed by atoms with E-state index in [1.807, 2.05) is 0 Å². The van der Waals surface area contributed by atoms with E-state index in [1.54, 1.807) is 0 Å². The van der Waals surface area contributed by atoms with Gasteiger partial charge in [-0.25, -0.2) is 0 Å². The second-order valence-electron chi connectivity index (χ2n) is 27.4. The number of hydrogen-bond donors (Lipinski definition) is 0. The average Bonchev–Trinajstić information content (AvgIpc) is 1.60. The molecule has 21 rings (SSSR count). The van der Waals surface area contributed by atoms with Crippen LogP contribution in [0, 0.1) is 0 Å². The smallest absolute Gasteiger partial charge is 0.0542 e. The Balaban J connectivity index is 0.000000108. The minimum Gasteiger partial charge on any atom is -0.345 e. The molecule has 0 spiro atoms. The average molecular weight is 1350 g/mol. The Kier molecular flexibility index (Phi) is 15.5. The van der Waals surface area contributed by atoms with Crippen molar-refractivity contribution in [2.75, 3.05) is 35.8 Å². The quantitative estimate of drug-likeness (QED) is 0.144. The van der Waals surface area contributed by atoms with Gasteiger partial charge in [0.2, 0.25) is 0 Å². The van der Waals surface area contributed by atoms with Crippen LogP contribution in [0.5, 0.6) is 0 Å². The van der Waals surface area contributed by atoms with Crippen molar-refractivity contribution in [1.29, 1.82) is 0 Å². The molecule has 498 valence electrons. The maximum atomic E-state index is 2.41. The van der Waals surface area contributed by atoms with E-state index in [0.29, 0.717) is 0 Å². The highest BCUT2D eigenvalue weighted by molar-refractivity contribution is 6.15. The van der Waals surface area contributed by atoms with E-state index in [2.05, 4.69) is 432 Å². The Labute approximate surface area is 609 Å². The Morgan fingerprint density at radius 2 is 0.457 bits per heavy atom. The van der Waals surface area contributed by atoms with E-state index in [0.717, 1.165) is 0 Å². The second kappa shape index (κ2) is 26.0. The summed E-state index contributed by atoms with van der Waals surface area (Å²) >= 11 is 0. The van der Waals surface area contributed by atoms with E-state index < -0.39 is 0 Å². The second-order valence-corrected chi connectivity index (χ2v) is 27.4. The van der Waals surface area contributed by atoms with Gasteiger partial charge in [-0.1, -0.05) is 261 Å². The van der Waals surface area contributed by atoms with E-state index >= 15 is 0 Å². The number of anilines is 6. The molecule has 0 saturated carbocycles. The molecular weight excluding hydrogens is 1270 g/mol. The molecule has 0 saturated heterocycles. The molecule has 0 aliphatic heterocycles. The predicted octanol–water partition coefficient (Wildman–Crippen LogP) is 26.6. The maximum Gasteiger partial charge on any atom is 0.0542 e. The highest BCUT2D eigenvalue weighted by Crippen LogP contribution is 2.43. The third-order valence-electron chi connectivity index (χ3n) is 21.5. The third-order valence-corrected chi connectivity index (χ3v) is 21.5. The maximum absolute atomic E-state index is 2.41. The molecule has 0 unspecified atom stereocenters. The van der Waals surface area contributed by atoms with Gasteiger partial charge in [0.1, 0.15) is 0 Å². The number of fused-ring (bicyclic) bond motifs is 15. The number of aromatic nitrogens is 3. The van der Waals surface area contributed by atoms with Crippen molar-refractivity contribution in [3.05, 3.63) is 382 Å². The standard InChI is InChI=1S/3C33H24N2/c1-34(30-18-8-12-23-10-2-4-14-26(23)30)25-20-21-33-29(22-25)28-16-6-7-17-32(28)35(33)31-19-9-13-24-11-3-5-15-27(24)31;1-34(31-16-8-12-24-10-4-5-13-28(24)31)26-19-20-33-30(22-26)29-14-6-7-15-32(29)35(33)27-18-17-23-9-2-3-11-25(23)21-27;1-34(26-18-17-23-9-2-3-11-25(23)21-26)27-19-20-33-30(22-27)29-14-6-7-15-32(29)35(33)31-16-8-12-24-10-4-5-13-28(24)31/h3*2-22H,1H3. The molecule has 6 heteroatoms. The Morgan fingerprint density at radius 3 is 0.905 bits per heavy atom. The molecule has 0 radical (unpaired) electrons. The lowest BCUT2D eigenvalue weighted by atomic mass is 10.1. The van der Waals surface area contributed by atoms with Crippen molar-refractivity contribution < 1.29 is 0 Å². The molecule has 18 aromatic carbocycles. The molecular formula is C99H72N6. The van der Waals surface area contributed by atoms with Gasteiger partial charge in [-0.15, -0.1) is 0 Å². The minimum atomic E-state index is 1.17. The summed E-state index contributed by atoms with van der Waals surface area (Å²) in [6.07, 6.45) is 0. The van der Waals surface area contributed by atoms with Gasteiger partial charge in [-0.2, -0.15) is 0 Å². The van der Waals surface area contributed by atoms with Crippen molar-refractivity contribution in [3.8, 4) is 17.1 Å². The minimum absolute atomic E-state index is 1.17. The van der Waals surface area contributed by atoms with Crippen LogP contribution in [0.3, 0.4) is 0 Å². The lowest BCUT2D eigenvalue weighted by Gasteiger charge is -2.22. The molecule has 3 aromatic heterocycles. The van der Waals surface area contributed by atoms with Gasteiger partial charge in [0.05, 0.1) is 44.5 Å².